The molecule has 0 bridgehead atoms. The summed E-state index contributed by atoms with van der Waals surface area (Å²) in [7, 11) is -0.752. The second-order valence-electron chi connectivity index (χ2n) is 3.72. The number of halogens is 1. The number of hydrogen-bond donors (Lipinski definition) is 2. The van der Waals surface area contributed by atoms with E-state index in [-0.39, 0.29) is 5.56 Å². The highest BCUT2D eigenvalue weighted by Crippen LogP contribution is 2.18. The number of nitrogens with one attached hydrogen (secondary N) is 1. The van der Waals surface area contributed by atoms with Crippen LogP contribution in [0.5, 0.6) is 0 Å². The Hall–Kier alpha value is -0.720. The van der Waals surface area contributed by atoms with Crippen LogP contribution in [-0.2, 0) is 17.3 Å². The molecule has 0 aliphatic carbocycles. The summed E-state index contributed by atoms with van der Waals surface area (Å²) >= 11 is 3.35. The van der Waals surface area contributed by atoms with E-state index in [1.54, 1.807) is 18.2 Å². The molecule has 0 aliphatic heterocycles. The van der Waals surface area contributed by atoms with Gasteiger partial charge in [0.1, 0.15) is 0 Å². The second-order valence-corrected chi connectivity index (χ2v) is 6.44. The molecule has 1 aromatic rings. The number of hydrogen-bond acceptors (Lipinski definition) is 3. The molecule has 1 unspecified atom stereocenters. The van der Waals surface area contributed by atoms with Crippen molar-refractivity contribution in [1.29, 1.82) is 0 Å². The number of carbonyl (C=O) groups is 1. The third-order valence-corrected chi connectivity index (χ3v) is 4.49. The Morgan fingerprint density at radius 1 is 1.50 bits per heavy atom. The number of rotatable bonds is 7. The van der Waals surface area contributed by atoms with Crippen LogP contribution in [0.4, 0.5) is 0 Å². The fourth-order valence-electron chi connectivity index (χ4n) is 1.38. The highest BCUT2D eigenvalue weighted by molar-refractivity contribution is 9.10. The fourth-order valence-corrected chi connectivity index (χ4v) is 2.56. The molecule has 100 valence electrons. The highest BCUT2D eigenvalue weighted by atomic mass is 79.9. The molecule has 0 aromatic heterocycles. The first-order valence-corrected chi connectivity index (χ1v) is 7.90. The van der Waals surface area contributed by atoms with E-state index in [2.05, 4.69) is 21.2 Å². The summed E-state index contributed by atoms with van der Waals surface area (Å²) in [4.78, 5) is 10.8. The lowest BCUT2D eigenvalue weighted by molar-refractivity contribution is 0.0697. The molecule has 0 spiro atoms. The largest absolute Gasteiger partial charge is 0.478 e. The number of carboxylic acid groups (broad SMARTS) is 1. The van der Waals surface area contributed by atoms with Crippen molar-refractivity contribution in [3.63, 3.8) is 0 Å². The van der Waals surface area contributed by atoms with Gasteiger partial charge in [0.25, 0.3) is 0 Å². The third kappa shape index (κ3) is 4.88. The maximum Gasteiger partial charge on any atom is 0.335 e. The Kier molecular flexibility index (Phi) is 6.52. The molecule has 4 nitrogen and oxygen atoms in total. The number of benzene rings is 1. The van der Waals surface area contributed by atoms with Gasteiger partial charge in [-0.2, -0.15) is 0 Å². The van der Waals surface area contributed by atoms with E-state index in [0.29, 0.717) is 24.6 Å². The van der Waals surface area contributed by atoms with E-state index in [1.165, 1.54) is 0 Å². The predicted molar refractivity (Wildman–Crippen MR) is 76.4 cm³/mol. The molecule has 0 radical (unpaired) electrons. The average Bonchev–Trinajstić information content (AvgIpc) is 2.35. The summed E-state index contributed by atoms with van der Waals surface area (Å²) < 4.78 is 12.0. The van der Waals surface area contributed by atoms with Gasteiger partial charge in [0, 0.05) is 39.9 Å². The smallest absolute Gasteiger partial charge is 0.335 e. The van der Waals surface area contributed by atoms with Crippen LogP contribution in [0.3, 0.4) is 0 Å². The van der Waals surface area contributed by atoms with Gasteiger partial charge in [0.15, 0.2) is 0 Å². The summed E-state index contributed by atoms with van der Waals surface area (Å²) in [5.41, 5.74) is 1.25. The van der Waals surface area contributed by atoms with Gasteiger partial charge in [-0.05, 0) is 17.7 Å². The van der Waals surface area contributed by atoms with E-state index < -0.39 is 16.8 Å². The maximum absolute atomic E-state index is 11.2. The lowest BCUT2D eigenvalue weighted by Gasteiger charge is -2.07. The first-order chi connectivity index (χ1) is 8.54. The first kappa shape index (κ1) is 15.3. The molecule has 2 N–H and O–H groups in total. The number of aromatic carboxylic acids is 1. The van der Waals surface area contributed by atoms with Crippen molar-refractivity contribution in [3.8, 4) is 0 Å². The Morgan fingerprint density at radius 2 is 2.22 bits per heavy atom. The van der Waals surface area contributed by atoms with Crippen LogP contribution in [0.2, 0.25) is 0 Å². The van der Waals surface area contributed by atoms with E-state index in [0.717, 1.165) is 10.0 Å². The standard InChI is InChI=1S/C12H16BrNO3S/c1-2-18(17)6-5-14-8-10-4-3-9(12(15)16)7-11(10)13/h3-4,7,14H,2,5-6,8H2,1H3,(H,15,16). The van der Waals surface area contributed by atoms with E-state index >= 15 is 0 Å². The summed E-state index contributed by atoms with van der Waals surface area (Å²) in [6.07, 6.45) is 0. The fraction of sp³-hybridized carbons (Fsp3) is 0.417. The lowest BCUT2D eigenvalue weighted by atomic mass is 10.1. The summed E-state index contributed by atoms with van der Waals surface area (Å²) in [6.45, 7) is 3.21. The molecule has 0 fully saturated rings. The minimum absolute atomic E-state index is 0.262. The second kappa shape index (κ2) is 7.66. The van der Waals surface area contributed by atoms with Crippen molar-refractivity contribution >= 4 is 32.7 Å². The van der Waals surface area contributed by atoms with Crippen molar-refractivity contribution < 1.29 is 14.1 Å². The van der Waals surface area contributed by atoms with Crippen LogP contribution in [0, 0.1) is 0 Å². The average molecular weight is 334 g/mol. The van der Waals surface area contributed by atoms with Crippen LogP contribution < -0.4 is 5.32 Å². The highest BCUT2D eigenvalue weighted by Gasteiger charge is 2.06. The lowest BCUT2D eigenvalue weighted by Crippen LogP contribution is -2.20. The summed E-state index contributed by atoms with van der Waals surface area (Å²) in [5.74, 6) is 0.383. The third-order valence-electron chi connectivity index (χ3n) is 2.44. The first-order valence-electron chi connectivity index (χ1n) is 5.62. The van der Waals surface area contributed by atoms with Crippen LogP contribution in [0.1, 0.15) is 22.8 Å². The van der Waals surface area contributed by atoms with Gasteiger partial charge < -0.3 is 10.4 Å². The monoisotopic (exact) mass is 333 g/mol. The molecule has 18 heavy (non-hydrogen) atoms. The van der Waals surface area contributed by atoms with Gasteiger partial charge >= 0.3 is 5.97 Å². The molecular weight excluding hydrogens is 318 g/mol. The molecule has 0 amide bonds. The van der Waals surface area contributed by atoms with Crippen molar-refractivity contribution in [3.05, 3.63) is 33.8 Å². The number of carboxylic acids is 1. The molecule has 0 heterocycles. The quantitative estimate of drug-likeness (QED) is 0.749. The zero-order valence-electron chi connectivity index (χ0n) is 10.1. The Labute approximate surface area is 117 Å². The molecule has 1 atom stereocenters. The molecule has 6 heteroatoms. The van der Waals surface area contributed by atoms with Crippen LogP contribution in [0.25, 0.3) is 0 Å². The van der Waals surface area contributed by atoms with Crippen LogP contribution in [0.15, 0.2) is 22.7 Å². The van der Waals surface area contributed by atoms with E-state index in [4.69, 9.17) is 5.11 Å². The minimum atomic E-state index is -0.937. The molecule has 0 saturated carbocycles. The predicted octanol–water partition coefficient (Wildman–Crippen LogP) is 2.01. The SMILES string of the molecule is CCS(=O)CCNCc1ccc(C(=O)O)cc1Br. The van der Waals surface area contributed by atoms with Crippen molar-refractivity contribution in [2.45, 2.75) is 13.5 Å². The van der Waals surface area contributed by atoms with Crippen molar-refractivity contribution in [1.82, 2.24) is 5.32 Å². The van der Waals surface area contributed by atoms with Gasteiger partial charge in [-0.25, -0.2) is 4.79 Å². The Bertz CT molecular complexity index is 451. The van der Waals surface area contributed by atoms with Crippen LogP contribution >= 0.6 is 15.9 Å². The van der Waals surface area contributed by atoms with Gasteiger partial charge in [0.05, 0.1) is 5.56 Å². The zero-order valence-corrected chi connectivity index (χ0v) is 12.5. The van der Waals surface area contributed by atoms with Gasteiger partial charge in [0.2, 0.25) is 0 Å². The van der Waals surface area contributed by atoms with Gasteiger partial charge in [-0.15, -0.1) is 0 Å². The summed E-state index contributed by atoms with van der Waals surface area (Å²) in [6, 6.07) is 4.94. The van der Waals surface area contributed by atoms with E-state index in [9.17, 15) is 9.00 Å². The normalized spacial score (nSPS) is 12.3. The summed E-state index contributed by atoms with van der Waals surface area (Å²) in [5, 5.41) is 12.0. The molecule has 0 saturated heterocycles. The minimum Gasteiger partial charge on any atom is -0.478 e. The van der Waals surface area contributed by atoms with Crippen LogP contribution in [-0.4, -0.2) is 33.3 Å². The van der Waals surface area contributed by atoms with Crippen molar-refractivity contribution in [2.24, 2.45) is 0 Å². The van der Waals surface area contributed by atoms with E-state index in [1.807, 2.05) is 6.92 Å². The zero-order chi connectivity index (χ0) is 13.5. The van der Waals surface area contributed by atoms with Gasteiger partial charge in [-0.3, -0.25) is 4.21 Å². The Morgan fingerprint density at radius 3 is 2.78 bits per heavy atom. The Balaban J connectivity index is 2.48. The van der Waals surface area contributed by atoms with Crippen molar-refractivity contribution in [2.75, 3.05) is 18.1 Å². The maximum atomic E-state index is 11.2. The van der Waals surface area contributed by atoms with Gasteiger partial charge in [-0.1, -0.05) is 28.9 Å². The molecule has 0 aliphatic rings. The molecule has 1 aromatic carbocycles. The molecular formula is C12H16BrNO3S. The topological polar surface area (TPSA) is 66.4 Å². The molecule has 1 rings (SSSR count).